The maximum atomic E-state index is 13.2. The third kappa shape index (κ3) is 5.17. The third-order valence-corrected chi connectivity index (χ3v) is 6.04. The molecule has 0 aliphatic carbocycles. The number of hydrogen-bond acceptors (Lipinski definition) is 9. The van der Waals surface area contributed by atoms with Gasteiger partial charge in [-0.1, -0.05) is 12.1 Å². The minimum absolute atomic E-state index is 0.276. The van der Waals surface area contributed by atoms with E-state index in [-0.39, 0.29) is 5.95 Å². The molecule has 1 N–H and O–H groups in total. The molecule has 1 fully saturated rings. The fraction of sp³-hybridized carbons (Fsp3) is 0.346. The molecule has 0 atom stereocenters. The lowest BCUT2D eigenvalue weighted by atomic mass is 10.2. The number of carbonyl (C=O) groups is 1. The first-order valence-corrected chi connectivity index (χ1v) is 12.2. The summed E-state index contributed by atoms with van der Waals surface area (Å²) < 4.78 is 7.93. The van der Waals surface area contributed by atoms with Crippen LogP contribution in [0.1, 0.15) is 20.8 Å². The second kappa shape index (κ2) is 9.66. The normalized spacial score (nSPS) is 14.6. The van der Waals surface area contributed by atoms with Crippen molar-refractivity contribution in [2.75, 3.05) is 43.4 Å². The van der Waals surface area contributed by atoms with Crippen LogP contribution in [0.25, 0.3) is 16.7 Å². The largest absolute Gasteiger partial charge is 0.442 e. The van der Waals surface area contributed by atoms with E-state index in [0.29, 0.717) is 22.5 Å². The van der Waals surface area contributed by atoms with Gasteiger partial charge in [0, 0.05) is 38.4 Å². The lowest BCUT2D eigenvalue weighted by Gasteiger charge is -2.33. The molecule has 0 radical (unpaired) electrons. The quantitative estimate of drug-likeness (QED) is 0.450. The molecule has 192 valence electrons. The number of rotatable bonds is 4. The number of fused-ring (bicyclic) bond motifs is 1. The van der Waals surface area contributed by atoms with Crippen LogP contribution in [0.5, 0.6) is 0 Å². The zero-order chi connectivity index (χ0) is 26.2. The van der Waals surface area contributed by atoms with Gasteiger partial charge in [-0.3, -0.25) is 4.79 Å². The maximum absolute atomic E-state index is 13.2. The molecule has 0 unspecified atom stereocenters. The average Bonchev–Trinajstić information content (AvgIpc) is 3.17. The first-order chi connectivity index (χ1) is 17.7. The lowest BCUT2D eigenvalue weighted by Crippen LogP contribution is -2.44. The average molecular weight is 503 g/mol. The van der Waals surface area contributed by atoms with Crippen molar-refractivity contribution in [1.29, 1.82) is 0 Å². The van der Waals surface area contributed by atoms with E-state index in [1.165, 1.54) is 4.68 Å². The minimum atomic E-state index is -0.789. The molecule has 37 heavy (non-hydrogen) atoms. The molecule has 0 saturated carbocycles. The van der Waals surface area contributed by atoms with E-state index < -0.39 is 17.3 Å². The first-order valence-electron chi connectivity index (χ1n) is 12.2. The molecule has 5 rings (SSSR count). The number of piperazine rings is 1. The molecule has 11 nitrogen and oxygen atoms in total. The Bertz CT molecular complexity index is 1480. The molecule has 0 spiro atoms. The van der Waals surface area contributed by atoms with E-state index in [1.807, 2.05) is 18.3 Å². The molecule has 4 aromatic rings. The maximum Gasteiger partial charge on any atom is 0.437 e. The molecular weight excluding hydrogens is 472 g/mol. The van der Waals surface area contributed by atoms with Crippen molar-refractivity contribution in [1.82, 2.24) is 29.2 Å². The first kappa shape index (κ1) is 24.4. The molecule has 11 heteroatoms. The van der Waals surface area contributed by atoms with Gasteiger partial charge in [0.1, 0.15) is 11.4 Å². The molecule has 1 saturated heterocycles. The number of nitrogens with zero attached hydrogens (tertiary/aromatic N) is 7. The van der Waals surface area contributed by atoms with Gasteiger partial charge in [-0.25, -0.2) is 19.4 Å². The zero-order valence-corrected chi connectivity index (χ0v) is 21.4. The summed E-state index contributed by atoms with van der Waals surface area (Å²) in [5.41, 5.74) is 0.323. The summed E-state index contributed by atoms with van der Waals surface area (Å²) in [5, 5.41) is 3.49. The van der Waals surface area contributed by atoms with Crippen LogP contribution in [0.4, 0.5) is 22.2 Å². The molecule has 0 bridgehead atoms. The second-order valence-corrected chi connectivity index (χ2v) is 9.98. The topological polar surface area (TPSA) is 110 Å². The highest BCUT2D eigenvalue weighted by Gasteiger charge is 2.25. The summed E-state index contributed by atoms with van der Waals surface area (Å²) in [4.78, 5) is 44.2. The van der Waals surface area contributed by atoms with Gasteiger partial charge in [0.2, 0.25) is 5.95 Å². The van der Waals surface area contributed by atoms with Gasteiger partial charge < -0.3 is 19.9 Å². The van der Waals surface area contributed by atoms with Crippen LogP contribution in [0.3, 0.4) is 0 Å². The Morgan fingerprint density at radius 1 is 1.00 bits per heavy atom. The zero-order valence-electron chi connectivity index (χ0n) is 21.4. The van der Waals surface area contributed by atoms with Crippen molar-refractivity contribution in [2.45, 2.75) is 26.4 Å². The van der Waals surface area contributed by atoms with Crippen LogP contribution in [0, 0.1) is 0 Å². The van der Waals surface area contributed by atoms with Crippen molar-refractivity contribution in [3.05, 3.63) is 65.2 Å². The van der Waals surface area contributed by atoms with E-state index in [9.17, 15) is 9.59 Å². The Kier molecular flexibility index (Phi) is 6.38. The van der Waals surface area contributed by atoms with Crippen molar-refractivity contribution >= 4 is 34.4 Å². The van der Waals surface area contributed by atoms with Crippen LogP contribution in [0.2, 0.25) is 0 Å². The van der Waals surface area contributed by atoms with E-state index in [1.54, 1.807) is 57.3 Å². The summed E-state index contributed by atoms with van der Waals surface area (Å²) in [5.74, 6) is 1.19. The highest BCUT2D eigenvalue weighted by molar-refractivity contribution is 5.84. The second-order valence-electron chi connectivity index (χ2n) is 9.98. The van der Waals surface area contributed by atoms with E-state index in [4.69, 9.17) is 4.74 Å². The summed E-state index contributed by atoms with van der Waals surface area (Å²) in [7, 11) is 2.13. The summed E-state index contributed by atoms with van der Waals surface area (Å²) in [6.45, 7) is 9.19. The predicted octanol–water partition coefficient (Wildman–Crippen LogP) is 3.26. The highest BCUT2D eigenvalue weighted by atomic mass is 16.6. The molecule has 4 heterocycles. The number of carbonyl (C=O) groups excluding carboxylic acids is 1. The Labute approximate surface area is 214 Å². The molecular formula is C26H30N8O3. The number of pyridine rings is 1. The van der Waals surface area contributed by atoms with E-state index >= 15 is 0 Å². The van der Waals surface area contributed by atoms with Crippen LogP contribution >= 0.6 is 0 Å². The highest BCUT2D eigenvalue weighted by Crippen LogP contribution is 2.21. The standard InChI is InChI=1S/C26H30N8O3/c1-26(2,3)37-25(36)34-23(35)19-7-5-6-8-20(19)33(34)22-11-12-27-24(30-22)29-21-10-9-18(17-28-21)32-15-13-31(4)14-16-32/h5-12,17H,13-16H2,1-4H3,(H,27,28,29,30). The minimum Gasteiger partial charge on any atom is -0.442 e. The molecule has 1 aromatic carbocycles. The van der Waals surface area contributed by atoms with E-state index in [0.717, 1.165) is 36.5 Å². The van der Waals surface area contributed by atoms with Crippen LogP contribution in [-0.2, 0) is 4.74 Å². The summed E-state index contributed by atoms with van der Waals surface area (Å²) in [6, 6.07) is 12.5. The van der Waals surface area contributed by atoms with Gasteiger partial charge >= 0.3 is 6.09 Å². The van der Waals surface area contributed by atoms with Crippen LogP contribution < -0.4 is 15.8 Å². The van der Waals surface area contributed by atoms with Crippen LogP contribution in [-0.4, -0.2) is 74.1 Å². The summed E-state index contributed by atoms with van der Waals surface area (Å²) >= 11 is 0. The number of ether oxygens (including phenoxy) is 1. The summed E-state index contributed by atoms with van der Waals surface area (Å²) in [6.07, 6.45) is 2.60. The van der Waals surface area contributed by atoms with Gasteiger partial charge in [-0.05, 0) is 52.1 Å². The van der Waals surface area contributed by atoms with Crippen molar-refractivity contribution in [3.63, 3.8) is 0 Å². The van der Waals surface area contributed by atoms with Crippen molar-refractivity contribution in [2.24, 2.45) is 0 Å². The number of nitrogens with one attached hydrogen (secondary N) is 1. The Morgan fingerprint density at radius 2 is 1.76 bits per heavy atom. The van der Waals surface area contributed by atoms with Gasteiger partial charge in [-0.15, -0.1) is 4.68 Å². The molecule has 3 aromatic heterocycles. The monoisotopic (exact) mass is 502 g/mol. The van der Waals surface area contributed by atoms with Gasteiger partial charge in [-0.2, -0.15) is 4.98 Å². The molecule has 1 aliphatic rings. The fourth-order valence-corrected chi connectivity index (χ4v) is 4.20. The number of anilines is 3. The van der Waals surface area contributed by atoms with Crippen LogP contribution in [0.15, 0.2) is 59.7 Å². The van der Waals surface area contributed by atoms with Gasteiger partial charge in [0.15, 0.2) is 5.82 Å². The Balaban J connectivity index is 1.46. The molecule has 1 aliphatic heterocycles. The number of benzene rings is 1. The third-order valence-electron chi connectivity index (χ3n) is 6.04. The molecule has 0 amide bonds. The van der Waals surface area contributed by atoms with Crippen molar-refractivity contribution in [3.8, 4) is 5.82 Å². The van der Waals surface area contributed by atoms with Crippen molar-refractivity contribution < 1.29 is 9.53 Å². The lowest BCUT2D eigenvalue weighted by molar-refractivity contribution is 0.0498. The number of likely N-dealkylation sites (N-methyl/N-ethyl adjacent to an activating group) is 1. The Morgan fingerprint density at radius 3 is 2.46 bits per heavy atom. The number of hydrogen-bond donors (Lipinski definition) is 1. The van der Waals surface area contributed by atoms with Gasteiger partial charge in [0.25, 0.3) is 5.56 Å². The number of para-hydroxylation sites is 1. The Hall–Kier alpha value is -4.25. The predicted molar refractivity (Wildman–Crippen MR) is 142 cm³/mol. The van der Waals surface area contributed by atoms with Gasteiger partial charge in [0.05, 0.1) is 22.8 Å². The van der Waals surface area contributed by atoms with E-state index in [2.05, 4.69) is 37.1 Å². The SMILES string of the molecule is CN1CCN(c2ccc(Nc3nccc(-n4c5ccccc5c(=O)n4C(=O)OC(C)(C)C)n3)nc2)CC1. The fourth-order valence-electron chi connectivity index (χ4n) is 4.20. The number of aromatic nitrogens is 5. The smallest absolute Gasteiger partial charge is 0.437 e.